The van der Waals surface area contributed by atoms with E-state index in [-0.39, 0.29) is 24.0 Å². The van der Waals surface area contributed by atoms with Crippen LogP contribution in [0.4, 0.5) is 4.79 Å². The highest BCUT2D eigenvalue weighted by Gasteiger charge is 2.37. The van der Waals surface area contributed by atoms with E-state index in [1.807, 2.05) is 20.8 Å². The molecule has 0 aliphatic carbocycles. The van der Waals surface area contributed by atoms with E-state index >= 15 is 0 Å². The quantitative estimate of drug-likeness (QED) is 0.392. The summed E-state index contributed by atoms with van der Waals surface area (Å²) in [7, 11) is 1.42. The van der Waals surface area contributed by atoms with Gasteiger partial charge in [-0.05, 0) is 46.0 Å². The van der Waals surface area contributed by atoms with Crippen molar-refractivity contribution in [2.45, 2.75) is 58.6 Å². The second-order valence-electron chi connectivity index (χ2n) is 7.07. The van der Waals surface area contributed by atoms with E-state index in [1.54, 1.807) is 4.90 Å². The van der Waals surface area contributed by atoms with Crippen LogP contribution in [0, 0.1) is 11.8 Å². The number of amides is 1. The zero-order valence-electron chi connectivity index (χ0n) is 14.2. The van der Waals surface area contributed by atoms with E-state index in [0.717, 1.165) is 10.8 Å². The van der Waals surface area contributed by atoms with Gasteiger partial charge in [0.1, 0.15) is 5.60 Å². The Morgan fingerprint density at radius 3 is 2.50 bits per heavy atom. The molecule has 0 aromatic rings. The molecule has 1 aliphatic rings. The number of hydrogen-bond acceptors (Lipinski definition) is 4. The number of carbonyl (C=O) groups excluding carboxylic acids is 2. The van der Waals surface area contributed by atoms with E-state index in [4.69, 9.17) is 9.47 Å². The smallest absolute Gasteiger partial charge is 0.410 e. The van der Waals surface area contributed by atoms with Crippen molar-refractivity contribution >= 4 is 34.7 Å². The molecule has 0 bridgehead atoms. The van der Waals surface area contributed by atoms with Crippen molar-refractivity contribution < 1.29 is 19.1 Å². The Balaban J connectivity index is 2.81. The molecule has 0 aromatic carbocycles. The van der Waals surface area contributed by atoms with Gasteiger partial charge in [-0.15, -0.1) is 0 Å². The van der Waals surface area contributed by atoms with Crippen LogP contribution in [-0.4, -0.2) is 46.7 Å². The van der Waals surface area contributed by atoms with Crippen LogP contribution in [0.15, 0.2) is 0 Å². The van der Waals surface area contributed by atoms with Gasteiger partial charge in [0, 0.05) is 17.0 Å². The number of piperidine rings is 1. The van der Waals surface area contributed by atoms with E-state index < -0.39 is 5.60 Å². The molecule has 0 radical (unpaired) electrons. The molecule has 5 nitrogen and oxygen atoms in total. The lowest BCUT2D eigenvalue weighted by atomic mass is 9.87. The fraction of sp³-hybridized carbons (Fsp3) is 0.875. The number of hydrogen-bond donors (Lipinski definition) is 0. The largest absolute Gasteiger partial charge is 0.469 e. The normalized spacial score (nSPS) is 23.8. The third-order valence-corrected chi connectivity index (χ3v) is 5.32. The van der Waals surface area contributed by atoms with Crippen molar-refractivity contribution in [2.75, 3.05) is 18.1 Å². The van der Waals surface area contributed by atoms with Gasteiger partial charge in [-0.3, -0.25) is 4.79 Å². The number of methoxy groups -OCH3 is 1. The Morgan fingerprint density at radius 2 is 2.00 bits per heavy atom. The van der Waals surface area contributed by atoms with Gasteiger partial charge in [-0.1, -0.05) is 29.5 Å². The molecule has 3 unspecified atom stereocenters. The average molecular weight is 425 g/mol. The third-order valence-electron chi connectivity index (χ3n) is 3.82. The first-order chi connectivity index (χ1) is 10.2. The summed E-state index contributed by atoms with van der Waals surface area (Å²) in [6.45, 7) is 8.33. The molecule has 1 aliphatic heterocycles. The molecule has 0 spiro atoms. The zero-order valence-corrected chi connectivity index (χ0v) is 16.4. The van der Waals surface area contributed by atoms with Crippen LogP contribution >= 0.6 is 22.6 Å². The molecule has 1 rings (SSSR count). The predicted molar refractivity (Wildman–Crippen MR) is 94.1 cm³/mol. The molecule has 1 amide bonds. The Labute approximate surface area is 147 Å². The van der Waals surface area contributed by atoms with Crippen molar-refractivity contribution in [3.8, 4) is 0 Å². The van der Waals surface area contributed by atoms with E-state index in [9.17, 15) is 9.59 Å². The maximum absolute atomic E-state index is 12.4. The summed E-state index contributed by atoms with van der Waals surface area (Å²) in [6.07, 6.45) is 1.91. The minimum Gasteiger partial charge on any atom is -0.469 e. The number of esters is 1. The van der Waals surface area contributed by atoms with Crippen molar-refractivity contribution in [3.63, 3.8) is 0 Å². The van der Waals surface area contributed by atoms with Gasteiger partial charge in [0.05, 0.1) is 13.0 Å². The summed E-state index contributed by atoms with van der Waals surface area (Å²) in [5.41, 5.74) is -0.504. The molecular formula is C16H28INO4. The summed E-state index contributed by atoms with van der Waals surface area (Å²) in [6, 6.07) is 0.0393. The number of carbonyl (C=O) groups is 2. The first kappa shape index (κ1) is 19.5. The van der Waals surface area contributed by atoms with Crippen molar-refractivity contribution in [1.82, 2.24) is 4.90 Å². The summed E-state index contributed by atoms with van der Waals surface area (Å²) >= 11 is 2.36. The van der Waals surface area contributed by atoms with Crippen LogP contribution in [0.25, 0.3) is 0 Å². The Hall–Kier alpha value is -0.530. The first-order valence-corrected chi connectivity index (χ1v) is 9.34. The van der Waals surface area contributed by atoms with Gasteiger partial charge in [0.2, 0.25) is 0 Å². The molecule has 3 atom stereocenters. The molecule has 128 valence electrons. The van der Waals surface area contributed by atoms with Crippen LogP contribution < -0.4 is 0 Å². The SMILES string of the molecule is COC(=O)C1CCN(C(=O)OC(C)(C)C)C(CC(C)CI)C1. The maximum Gasteiger partial charge on any atom is 0.410 e. The number of alkyl halides is 1. The van der Waals surface area contributed by atoms with Crippen molar-refractivity contribution in [3.05, 3.63) is 0 Å². The van der Waals surface area contributed by atoms with Crippen LogP contribution in [0.3, 0.4) is 0 Å². The summed E-state index contributed by atoms with van der Waals surface area (Å²) in [5.74, 6) is 0.206. The van der Waals surface area contributed by atoms with Crippen LogP contribution in [0.2, 0.25) is 0 Å². The molecule has 6 heteroatoms. The predicted octanol–water partition coefficient (Wildman–Crippen LogP) is 3.64. The highest BCUT2D eigenvalue weighted by molar-refractivity contribution is 14.1. The second-order valence-corrected chi connectivity index (χ2v) is 7.95. The molecule has 0 saturated carbocycles. The Kier molecular flexibility index (Phi) is 7.41. The van der Waals surface area contributed by atoms with Crippen LogP contribution in [0.1, 0.15) is 47.0 Å². The maximum atomic E-state index is 12.4. The zero-order chi connectivity index (χ0) is 16.9. The summed E-state index contributed by atoms with van der Waals surface area (Å²) in [4.78, 5) is 26.0. The van der Waals surface area contributed by atoms with Crippen molar-refractivity contribution in [2.24, 2.45) is 11.8 Å². The Morgan fingerprint density at radius 1 is 1.36 bits per heavy atom. The topological polar surface area (TPSA) is 55.8 Å². The van der Waals surface area contributed by atoms with Gasteiger partial charge in [0.25, 0.3) is 0 Å². The van der Waals surface area contributed by atoms with Gasteiger partial charge >= 0.3 is 12.1 Å². The first-order valence-electron chi connectivity index (χ1n) is 7.81. The van der Waals surface area contributed by atoms with E-state index in [0.29, 0.717) is 25.3 Å². The highest BCUT2D eigenvalue weighted by Crippen LogP contribution is 2.29. The third kappa shape index (κ3) is 5.93. The Bertz CT molecular complexity index is 394. The number of likely N-dealkylation sites (tertiary alicyclic amines) is 1. The van der Waals surface area contributed by atoms with E-state index in [1.165, 1.54) is 7.11 Å². The average Bonchev–Trinajstić information content (AvgIpc) is 2.44. The lowest BCUT2D eigenvalue weighted by Crippen LogP contribution is -2.49. The number of rotatable bonds is 4. The molecular weight excluding hydrogens is 397 g/mol. The van der Waals surface area contributed by atoms with Gasteiger partial charge in [-0.2, -0.15) is 0 Å². The number of ether oxygens (including phenoxy) is 2. The lowest BCUT2D eigenvalue weighted by molar-refractivity contribution is -0.148. The number of halogens is 1. The van der Waals surface area contributed by atoms with Crippen LogP contribution in [-0.2, 0) is 14.3 Å². The molecule has 0 N–H and O–H groups in total. The second kappa shape index (κ2) is 8.36. The highest BCUT2D eigenvalue weighted by atomic mass is 127. The van der Waals surface area contributed by atoms with Gasteiger partial charge in [-0.25, -0.2) is 4.79 Å². The standard InChI is InChI=1S/C16H28INO4/c1-11(10-17)8-13-9-12(14(19)21-5)6-7-18(13)15(20)22-16(2,3)4/h11-13H,6-10H2,1-5H3. The van der Waals surface area contributed by atoms with Gasteiger partial charge < -0.3 is 14.4 Å². The fourth-order valence-electron chi connectivity index (χ4n) is 2.74. The lowest BCUT2D eigenvalue weighted by Gasteiger charge is -2.40. The monoisotopic (exact) mass is 425 g/mol. The molecule has 22 heavy (non-hydrogen) atoms. The summed E-state index contributed by atoms with van der Waals surface area (Å²) < 4.78 is 11.4. The minimum absolute atomic E-state index is 0.0393. The van der Waals surface area contributed by atoms with Crippen LogP contribution in [0.5, 0.6) is 0 Å². The molecule has 1 heterocycles. The fourth-order valence-corrected chi connectivity index (χ4v) is 3.10. The van der Waals surface area contributed by atoms with Crippen molar-refractivity contribution in [1.29, 1.82) is 0 Å². The van der Waals surface area contributed by atoms with Gasteiger partial charge in [0.15, 0.2) is 0 Å². The number of nitrogens with zero attached hydrogens (tertiary/aromatic N) is 1. The minimum atomic E-state index is -0.504. The molecule has 1 saturated heterocycles. The molecule has 0 aromatic heterocycles. The molecule has 1 fully saturated rings. The summed E-state index contributed by atoms with van der Waals surface area (Å²) in [5, 5.41) is 0. The van der Waals surface area contributed by atoms with E-state index in [2.05, 4.69) is 29.5 Å².